The first-order chi connectivity index (χ1) is 10.8. The van der Waals surface area contributed by atoms with Gasteiger partial charge in [-0.3, -0.25) is 4.79 Å². The number of hydrogen-bond acceptors (Lipinski definition) is 2. The van der Waals surface area contributed by atoms with Gasteiger partial charge >= 0.3 is 0 Å². The second-order valence-corrected chi connectivity index (χ2v) is 6.86. The van der Waals surface area contributed by atoms with Crippen LogP contribution in [0.4, 0.5) is 5.69 Å². The quantitative estimate of drug-likeness (QED) is 0.889. The highest BCUT2D eigenvalue weighted by molar-refractivity contribution is 5.95. The smallest absolute Gasteiger partial charge is 0.265 e. The van der Waals surface area contributed by atoms with Crippen molar-refractivity contribution in [3.8, 4) is 5.75 Å². The van der Waals surface area contributed by atoms with Gasteiger partial charge < -0.3 is 10.1 Å². The predicted molar refractivity (Wildman–Crippen MR) is 95.0 cm³/mol. The van der Waals surface area contributed by atoms with E-state index in [0.29, 0.717) is 5.75 Å². The number of nitrogens with one attached hydrogen (secondary N) is 1. The van der Waals surface area contributed by atoms with E-state index in [1.807, 2.05) is 55.5 Å². The van der Waals surface area contributed by atoms with E-state index in [4.69, 9.17) is 4.74 Å². The Morgan fingerprint density at radius 3 is 2.43 bits per heavy atom. The molecule has 1 atom stereocenters. The van der Waals surface area contributed by atoms with Crippen LogP contribution in [-0.4, -0.2) is 12.0 Å². The van der Waals surface area contributed by atoms with Crippen LogP contribution in [-0.2, 0) is 10.2 Å². The van der Waals surface area contributed by atoms with Crippen molar-refractivity contribution in [1.82, 2.24) is 0 Å². The summed E-state index contributed by atoms with van der Waals surface area (Å²) in [5.74, 6) is 0.556. The van der Waals surface area contributed by atoms with Gasteiger partial charge in [-0.05, 0) is 48.6 Å². The van der Waals surface area contributed by atoms with Gasteiger partial charge in [0, 0.05) is 5.69 Å². The van der Waals surface area contributed by atoms with Crippen molar-refractivity contribution in [3.63, 3.8) is 0 Å². The lowest BCUT2D eigenvalue weighted by Crippen LogP contribution is -2.31. The van der Waals surface area contributed by atoms with E-state index in [1.165, 1.54) is 0 Å². The fourth-order valence-corrected chi connectivity index (χ4v) is 2.43. The maximum Gasteiger partial charge on any atom is 0.265 e. The van der Waals surface area contributed by atoms with E-state index in [9.17, 15) is 4.79 Å². The van der Waals surface area contributed by atoms with Crippen LogP contribution >= 0.6 is 0 Å². The molecule has 2 aromatic rings. The van der Waals surface area contributed by atoms with Crippen LogP contribution in [0.2, 0.25) is 0 Å². The minimum absolute atomic E-state index is 0.0372. The summed E-state index contributed by atoms with van der Waals surface area (Å²) in [4.78, 5) is 12.4. The maximum absolute atomic E-state index is 12.4. The molecule has 2 aromatic carbocycles. The molecule has 0 heterocycles. The summed E-state index contributed by atoms with van der Waals surface area (Å²) in [6, 6.07) is 15.6. The Labute approximate surface area is 138 Å². The van der Waals surface area contributed by atoms with Crippen molar-refractivity contribution in [2.75, 3.05) is 5.32 Å². The normalized spacial score (nSPS) is 12.6. The maximum atomic E-state index is 12.4. The van der Waals surface area contributed by atoms with Gasteiger partial charge in [-0.25, -0.2) is 0 Å². The number of anilines is 1. The molecule has 0 saturated heterocycles. The number of carbonyl (C=O) groups is 1. The first kappa shape index (κ1) is 17.1. The number of ether oxygens (including phenoxy) is 1. The minimum Gasteiger partial charge on any atom is -0.481 e. The van der Waals surface area contributed by atoms with Gasteiger partial charge in [0.25, 0.3) is 5.91 Å². The van der Waals surface area contributed by atoms with Gasteiger partial charge in [0.05, 0.1) is 0 Å². The average molecular weight is 311 g/mol. The molecule has 2 rings (SSSR count). The summed E-state index contributed by atoms with van der Waals surface area (Å²) in [7, 11) is 0. The van der Waals surface area contributed by atoms with Crippen LogP contribution in [0.25, 0.3) is 0 Å². The van der Waals surface area contributed by atoms with Crippen molar-refractivity contribution in [2.45, 2.75) is 46.1 Å². The summed E-state index contributed by atoms with van der Waals surface area (Å²) in [5.41, 5.74) is 3.01. The zero-order valence-electron chi connectivity index (χ0n) is 14.5. The van der Waals surface area contributed by atoms with Crippen LogP contribution < -0.4 is 10.1 Å². The third kappa shape index (κ3) is 4.59. The van der Waals surface area contributed by atoms with Gasteiger partial charge in [-0.1, -0.05) is 51.1 Å². The second kappa shape index (κ2) is 6.86. The van der Waals surface area contributed by atoms with Crippen molar-refractivity contribution in [2.24, 2.45) is 0 Å². The van der Waals surface area contributed by atoms with Crippen LogP contribution in [0.1, 0.15) is 38.8 Å². The highest BCUT2D eigenvalue weighted by Gasteiger charge is 2.21. The molecule has 0 spiro atoms. The third-order valence-corrected chi connectivity index (χ3v) is 3.66. The highest BCUT2D eigenvalue weighted by atomic mass is 16.5. The molecule has 0 radical (unpaired) electrons. The molecule has 1 amide bonds. The van der Waals surface area contributed by atoms with Crippen LogP contribution in [0.15, 0.2) is 48.5 Å². The molecule has 0 fully saturated rings. The van der Waals surface area contributed by atoms with E-state index in [1.54, 1.807) is 6.92 Å². The lowest BCUT2D eigenvalue weighted by Gasteiger charge is -2.24. The monoisotopic (exact) mass is 311 g/mol. The molecule has 3 nitrogen and oxygen atoms in total. The van der Waals surface area contributed by atoms with Crippen LogP contribution in [0.3, 0.4) is 0 Å². The molecule has 1 N–H and O–H groups in total. The Hall–Kier alpha value is -2.29. The summed E-state index contributed by atoms with van der Waals surface area (Å²) < 4.78 is 5.74. The number of para-hydroxylation sites is 1. The number of rotatable bonds is 4. The Kier molecular flexibility index (Phi) is 5.09. The number of hydrogen-bond donors (Lipinski definition) is 1. The van der Waals surface area contributed by atoms with Gasteiger partial charge in [-0.2, -0.15) is 0 Å². The van der Waals surface area contributed by atoms with Crippen molar-refractivity contribution in [3.05, 3.63) is 59.7 Å². The first-order valence-corrected chi connectivity index (χ1v) is 7.91. The Balaban J connectivity index is 2.10. The molecule has 0 aliphatic rings. The van der Waals surface area contributed by atoms with E-state index >= 15 is 0 Å². The minimum atomic E-state index is -0.565. The third-order valence-electron chi connectivity index (χ3n) is 3.66. The molecular weight excluding hydrogens is 286 g/mol. The van der Waals surface area contributed by atoms with Crippen molar-refractivity contribution >= 4 is 11.6 Å². The summed E-state index contributed by atoms with van der Waals surface area (Å²) in [6.45, 7) is 10.1. The largest absolute Gasteiger partial charge is 0.481 e. The molecule has 3 heteroatoms. The number of benzene rings is 2. The van der Waals surface area contributed by atoms with Gasteiger partial charge in [0.15, 0.2) is 6.10 Å². The number of aryl methyl sites for hydroxylation is 1. The van der Waals surface area contributed by atoms with E-state index in [0.717, 1.165) is 16.8 Å². The van der Waals surface area contributed by atoms with Crippen molar-refractivity contribution in [1.29, 1.82) is 0 Å². The molecule has 0 unspecified atom stereocenters. The second-order valence-electron chi connectivity index (χ2n) is 6.86. The zero-order chi connectivity index (χ0) is 17.0. The molecule has 0 bridgehead atoms. The molecule has 0 aromatic heterocycles. The number of carbonyl (C=O) groups excluding carboxylic acids is 1. The van der Waals surface area contributed by atoms with Gasteiger partial charge in [-0.15, -0.1) is 0 Å². The molecule has 23 heavy (non-hydrogen) atoms. The Morgan fingerprint density at radius 1 is 1.09 bits per heavy atom. The molecule has 122 valence electrons. The predicted octanol–water partition coefficient (Wildman–Crippen LogP) is 4.70. The standard InChI is InChI=1S/C20H25NO2/c1-14-9-8-10-16(13-14)23-15(2)19(22)21-18-12-7-6-11-17(18)20(3,4)5/h6-13,15H,1-5H3,(H,21,22)/t15-/m0/s1. The highest BCUT2D eigenvalue weighted by Crippen LogP contribution is 2.29. The SMILES string of the molecule is Cc1cccc(O[C@@H](C)C(=O)Nc2ccccc2C(C)(C)C)c1. The van der Waals surface area contributed by atoms with Crippen molar-refractivity contribution < 1.29 is 9.53 Å². The molecular formula is C20H25NO2. The summed E-state index contributed by atoms with van der Waals surface area (Å²) in [5, 5.41) is 2.99. The summed E-state index contributed by atoms with van der Waals surface area (Å²) in [6.07, 6.45) is -0.565. The van der Waals surface area contributed by atoms with E-state index in [2.05, 4.69) is 26.1 Å². The Morgan fingerprint density at radius 2 is 1.78 bits per heavy atom. The van der Waals surface area contributed by atoms with Crippen LogP contribution in [0.5, 0.6) is 5.75 Å². The first-order valence-electron chi connectivity index (χ1n) is 7.91. The lowest BCUT2D eigenvalue weighted by molar-refractivity contribution is -0.122. The summed E-state index contributed by atoms with van der Waals surface area (Å²) >= 11 is 0. The van der Waals surface area contributed by atoms with Gasteiger partial charge in [0.2, 0.25) is 0 Å². The van der Waals surface area contributed by atoms with Crippen LogP contribution in [0, 0.1) is 6.92 Å². The van der Waals surface area contributed by atoms with E-state index in [-0.39, 0.29) is 11.3 Å². The fourth-order valence-electron chi connectivity index (χ4n) is 2.43. The van der Waals surface area contributed by atoms with Gasteiger partial charge in [0.1, 0.15) is 5.75 Å². The zero-order valence-corrected chi connectivity index (χ0v) is 14.5. The molecule has 0 aliphatic carbocycles. The topological polar surface area (TPSA) is 38.3 Å². The molecule has 0 aliphatic heterocycles. The number of amides is 1. The lowest BCUT2D eigenvalue weighted by atomic mass is 9.86. The van der Waals surface area contributed by atoms with E-state index < -0.39 is 6.10 Å². The fraction of sp³-hybridized carbons (Fsp3) is 0.350. The Bertz CT molecular complexity index is 686. The average Bonchev–Trinajstić information content (AvgIpc) is 2.46. The molecule has 0 saturated carbocycles.